The van der Waals surface area contributed by atoms with Crippen molar-refractivity contribution >= 4 is 40.6 Å². The minimum Gasteiger partial charge on any atom is -0.455 e. The summed E-state index contributed by atoms with van der Waals surface area (Å²) in [5.41, 5.74) is 2.48. The molecule has 3 nitrogen and oxygen atoms in total. The lowest BCUT2D eigenvalue weighted by atomic mass is 10.1. The molecule has 0 radical (unpaired) electrons. The van der Waals surface area contributed by atoms with E-state index in [0.29, 0.717) is 27.0 Å². The molecule has 0 unspecified atom stereocenters. The average Bonchev–Trinajstić information content (AvgIpc) is 2.62. The van der Waals surface area contributed by atoms with Gasteiger partial charge in [-0.1, -0.05) is 41.4 Å². The first-order valence-electron chi connectivity index (χ1n) is 5.94. The summed E-state index contributed by atoms with van der Waals surface area (Å²) in [5, 5.41) is 0.915. The molecule has 100 valence electrons. The van der Waals surface area contributed by atoms with E-state index in [1.54, 1.807) is 36.4 Å². The zero-order valence-electron chi connectivity index (χ0n) is 10.3. The molecule has 3 rings (SSSR count). The van der Waals surface area contributed by atoms with Crippen LogP contribution in [-0.2, 0) is 4.74 Å². The number of nitrogens with zero attached hydrogens (tertiary/aromatic N) is 1. The first-order valence-corrected chi connectivity index (χ1v) is 6.70. The van der Waals surface area contributed by atoms with Crippen LogP contribution in [0.3, 0.4) is 0 Å². The molecule has 0 amide bonds. The number of fused-ring (bicyclic) bond motifs is 1. The van der Waals surface area contributed by atoms with Crippen LogP contribution in [-0.4, -0.2) is 18.3 Å². The second-order valence-corrected chi connectivity index (χ2v) is 5.10. The molecule has 20 heavy (non-hydrogen) atoms. The van der Waals surface area contributed by atoms with Gasteiger partial charge in [-0.2, -0.15) is 0 Å². The molecule has 0 spiro atoms. The summed E-state index contributed by atoms with van der Waals surface area (Å²) in [6, 6.07) is 12.3. The smallest absolute Gasteiger partial charge is 0.340 e. The molecule has 0 aromatic heterocycles. The van der Waals surface area contributed by atoms with E-state index in [0.717, 1.165) is 5.56 Å². The minimum atomic E-state index is -0.376. The molecular weight excluding hydrogens is 297 g/mol. The van der Waals surface area contributed by atoms with Crippen molar-refractivity contribution in [1.29, 1.82) is 0 Å². The van der Waals surface area contributed by atoms with Crippen LogP contribution in [0.1, 0.15) is 15.9 Å². The minimum absolute atomic E-state index is 0.103. The third kappa shape index (κ3) is 2.42. The quantitative estimate of drug-likeness (QED) is 0.737. The molecule has 0 saturated heterocycles. The molecule has 0 aliphatic carbocycles. The molecule has 0 atom stereocenters. The Kier molecular flexibility index (Phi) is 3.47. The number of carbonyl (C=O) groups is 1. The molecule has 0 N–H and O–H groups in total. The van der Waals surface area contributed by atoms with Crippen molar-refractivity contribution in [2.45, 2.75) is 0 Å². The van der Waals surface area contributed by atoms with E-state index in [1.807, 2.05) is 6.07 Å². The molecule has 5 heteroatoms. The van der Waals surface area contributed by atoms with Crippen LogP contribution in [0.2, 0.25) is 10.0 Å². The van der Waals surface area contributed by atoms with E-state index in [9.17, 15) is 4.79 Å². The Morgan fingerprint density at radius 3 is 2.65 bits per heavy atom. The number of aliphatic imine (C=N–C) groups is 1. The summed E-state index contributed by atoms with van der Waals surface area (Å²) >= 11 is 11.9. The second-order valence-electron chi connectivity index (χ2n) is 4.28. The van der Waals surface area contributed by atoms with Crippen molar-refractivity contribution in [2.24, 2.45) is 4.99 Å². The second kappa shape index (κ2) is 5.27. The first kappa shape index (κ1) is 13.2. The largest absolute Gasteiger partial charge is 0.455 e. The number of hydrogen-bond acceptors (Lipinski definition) is 3. The fourth-order valence-electron chi connectivity index (χ4n) is 1.96. The number of para-hydroxylation sites is 1. The van der Waals surface area contributed by atoms with Gasteiger partial charge in [-0.3, -0.25) is 0 Å². The van der Waals surface area contributed by atoms with Gasteiger partial charge in [0.25, 0.3) is 0 Å². The summed E-state index contributed by atoms with van der Waals surface area (Å²) in [6.07, 6.45) is 0. The van der Waals surface area contributed by atoms with E-state index in [2.05, 4.69) is 4.99 Å². The fraction of sp³-hybridized carbons (Fsp3) is 0.0667. The zero-order valence-corrected chi connectivity index (χ0v) is 11.8. The van der Waals surface area contributed by atoms with Crippen LogP contribution < -0.4 is 0 Å². The molecule has 0 saturated carbocycles. The van der Waals surface area contributed by atoms with Gasteiger partial charge in [-0.15, -0.1) is 0 Å². The Labute approximate surface area is 125 Å². The van der Waals surface area contributed by atoms with Crippen molar-refractivity contribution in [2.75, 3.05) is 6.61 Å². The highest BCUT2D eigenvalue weighted by atomic mass is 35.5. The maximum absolute atomic E-state index is 11.9. The van der Waals surface area contributed by atoms with Gasteiger partial charge in [0.15, 0.2) is 0 Å². The predicted molar refractivity (Wildman–Crippen MR) is 79.4 cm³/mol. The Morgan fingerprint density at radius 2 is 1.85 bits per heavy atom. The van der Waals surface area contributed by atoms with Crippen LogP contribution in [0, 0.1) is 0 Å². The summed E-state index contributed by atoms with van der Waals surface area (Å²) in [6.45, 7) is 0.103. The molecule has 1 aliphatic rings. The molecule has 0 fully saturated rings. The maximum Gasteiger partial charge on any atom is 0.340 e. The summed E-state index contributed by atoms with van der Waals surface area (Å²) in [4.78, 5) is 16.4. The van der Waals surface area contributed by atoms with Gasteiger partial charge in [-0.05, 0) is 24.3 Å². The van der Waals surface area contributed by atoms with Gasteiger partial charge in [-0.25, -0.2) is 9.79 Å². The normalized spacial score (nSPS) is 14.1. The lowest BCUT2D eigenvalue weighted by Crippen LogP contribution is -2.12. The van der Waals surface area contributed by atoms with E-state index < -0.39 is 0 Å². The van der Waals surface area contributed by atoms with Crippen LogP contribution in [0.25, 0.3) is 0 Å². The Morgan fingerprint density at radius 1 is 1.05 bits per heavy atom. The van der Waals surface area contributed by atoms with Crippen molar-refractivity contribution in [3.63, 3.8) is 0 Å². The molecule has 2 aromatic carbocycles. The lowest BCUT2D eigenvalue weighted by Gasteiger charge is -2.05. The maximum atomic E-state index is 11.9. The summed E-state index contributed by atoms with van der Waals surface area (Å²) < 4.78 is 5.22. The third-order valence-corrected chi connectivity index (χ3v) is 3.71. The van der Waals surface area contributed by atoms with Crippen LogP contribution in [0.15, 0.2) is 47.5 Å². The molecular formula is C15H9Cl2NO2. The van der Waals surface area contributed by atoms with Crippen LogP contribution in [0.4, 0.5) is 5.69 Å². The highest BCUT2D eigenvalue weighted by Crippen LogP contribution is 2.27. The van der Waals surface area contributed by atoms with Gasteiger partial charge in [0.1, 0.15) is 6.61 Å². The standard InChI is InChI=1S/C15H9Cl2NO2/c16-11-6-5-9(7-12(11)17)14-8-20-15(19)10-3-1-2-4-13(10)18-14/h1-7H,8H2. The molecule has 1 heterocycles. The van der Waals surface area contributed by atoms with Gasteiger partial charge >= 0.3 is 5.97 Å². The average molecular weight is 306 g/mol. The van der Waals surface area contributed by atoms with Crippen molar-refractivity contribution in [3.8, 4) is 0 Å². The first-order chi connectivity index (χ1) is 9.65. The van der Waals surface area contributed by atoms with E-state index >= 15 is 0 Å². The topological polar surface area (TPSA) is 38.7 Å². The van der Waals surface area contributed by atoms with E-state index in [1.165, 1.54) is 0 Å². The molecule has 2 aromatic rings. The number of carbonyl (C=O) groups excluding carboxylic acids is 1. The predicted octanol–water partition coefficient (Wildman–Crippen LogP) is 4.28. The molecule has 0 bridgehead atoms. The van der Waals surface area contributed by atoms with Gasteiger partial charge < -0.3 is 4.74 Å². The highest BCUT2D eigenvalue weighted by Gasteiger charge is 2.19. The van der Waals surface area contributed by atoms with Gasteiger partial charge in [0.2, 0.25) is 0 Å². The Balaban J connectivity index is 2.09. The number of hydrogen-bond donors (Lipinski definition) is 0. The van der Waals surface area contributed by atoms with E-state index in [-0.39, 0.29) is 12.6 Å². The fourth-order valence-corrected chi connectivity index (χ4v) is 2.25. The summed E-state index contributed by atoms with van der Waals surface area (Å²) in [7, 11) is 0. The molecule has 1 aliphatic heterocycles. The van der Waals surface area contributed by atoms with Crippen LogP contribution in [0.5, 0.6) is 0 Å². The van der Waals surface area contributed by atoms with Gasteiger partial charge in [0.05, 0.1) is 27.0 Å². The number of esters is 1. The third-order valence-electron chi connectivity index (χ3n) is 2.97. The Hall–Kier alpha value is -1.84. The van der Waals surface area contributed by atoms with Crippen molar-refractivity contribution in [3.05, 3.63) is 63.6 Å². The Bertz CT molecular complexity index is 726. The summed E-state index contributed by atoms with van der Waals surface area (Å²) in [5.74, 6) is -0.376. The lowest BCUT2D eigenvalue weighted by molar-refractivity contribution is 0.0568. The zero-order chi connectivity index (χ0) is 14.1. The van der Waals surface area contributed by atoms with Crippen LogP contribution >= 0.6 is 23.2 Å². The number of benzene rings is 2. The van der Waals surface area contributed by atoms with Gasteiger partial charge in [0, 0.05) is 5.56 Å². The van der Waals surface area contributed by atoms with Crippen molar-refractivity contribution < 1.29 is 9.53 Å². The monoisotopic (exact) mass is 305 g/mol. The highest BCUT2D eigenvalue weighted by molar-refractivity contribution is 6.42. The van der Waals surface area contributed by atoms with E-state index in [4.69, 9.17) is 27.9 Å². The number of ether oxygens (including phenoxy) is 1. The SMILES string of the molecule is O=C1OCC(c2ccc(Cl)c(Cl)c2)=Nc2ccccc21. The number of halogens is 2. The number of cyclic esters (lactones) is 1. The van der Waals surface area contributed by atoms with Crippen molar-refractivity contribution in [1.82, 2.24) is 0 Å². The number of rotatable bonds is 1.